The highest BCUT2D eigenvalue weighted by molar-refractivity contribution is 6.34. The van der Waals surface area contributed by atoms with Crippen molar-refractivity contribution in [2.45, 2.75) is 6.92 Å². The van der Waals surface area contributed by atoms with Crippen LogP contribution in [0.2, 0.25) is 5.02 Å². The minimum atomic E-state index is 0.484. The second-order valence-electron chi connectivity index (χ2n) is 4.49. The van der Waals surface area contributed by atoms with Crippen LogP contribution in [0.3, 0.4) is 0 Å². The van der Waals surface area contributed by atoms with E-state index in [1.165, 1.54) is 0 Å². The van der Waals surface area contributed by atoms with E-state index in [2.05, 4.69) is 25.6 Å². The summed E-state index contributed by atoms with van der Waals surface area (Å²) < 4.78 is 5.35. The highest BCUT2D eigenvalue weighted by atomic mass is 35.5. The Morgan fingerprint density at radius 1 is 1.32 bits per heavy atom. The molecule has 1 aromatic carbocycles. The van der Waals surface area contributed by atoms with Gasteiger partial charge in [-0.15, -0.1) is 5.10 Å². The molecule has 3 aromatic rings. The Bertz CT molecular complexity index is 773. The minimum Gasteiger partial charge on any atom is -0.478 e. The Morgan fingerprint density at radius 3 is 2.82 bits per heavy atom. The van der Waals surface area contributed by atoms with Crippen molar-refractivity contribution in [3.8, 4) is 28.4 Å². The molecule has 3 rings (SSSR count). The number of nitrogens with zero attached hydrogens (tertiary/aromatic N) is 4. The van der Waals surface area contributed by atoms with Gasteiger partial charge in [0.2, 0.25) is 5.88 Å². The van der Waals surface area contributed by atoms with E-state index in [0.717, 1.165) is 11.1 Å². The molecule has 0 unspecified atom stereocenters. The normalized spacial score (nSPS) is 10.6. The van der Waals surface area contributed by atoms with Crippen LogP contribution in [-0.2, 0) is 0 Å². The van der Waals surface area contributed by atoms with Gasteiger partial charge in [0, 0.05) is 34.6 Å². The summed E-state index contributed by atoms with van der Waals surface area (Å²) in [4.78, 5) is 4.26. The monoisotopic (exact) mass is 316 g/mol. The average molecular weight is 317 g/mol. The zero-order valence-electron chi connectivity index (χ0n) is 11.7. The first-order valence-electron chi connectivity index (χ1n) is 6.61. The molecule has 3 N–H and O–H groups in total. The van der Waals surface area contributed by atoms with Crippen molar-refractivity contribution in [3.63, 3.8) is 0 Å². The number of benzene rings is 1. The highest BCUT2D eigenvalue weighted by Crippen LogP contribution is 2.38. The van der Waals surface area contributed by atoms with Gasteiger partial charge in [-0.05, 0) is 35.5 Å². The number of tetrazole rings is 1. The first-order chi connectivity index (χ1) is 10.7. The van der Waals surface area contributed by atoms with E-state index in [1.54, 1.807) is 24.4 Å². The summed E-state index contributed by atoms with van der Waals surface area (Å²) in [7, 11) is 0. The highest BCUT2D eigenvalue weighted by Gasteiger charge is 2.16. The Kier molecular flexibility index (Phi) is 3.88. The number of hydrogen-bond donors (Lipinski definition) is 2. The fraction of sp³-hybridized carbons (Fsp3) is 0.143. The number of ether oxygens (including phenoxy) is 1. The van der Waals surface area contributed by atoms with Crippen LogP contribution in [-0.4, -0.2) is 32.2 Å². The maximum atomic E-state index is 6.37. The third-order valence-electron chi connectivity index (χ3n) is 3.03. The number of nitrogens with one attached hydrogen (secondary N) is 1. The van der Waals surface area contributed by atoms with Crippen LogP contribution >= 0.6 is 11.6 Å². The fourth-order valence-corrected chi connectivity index (χ4v) is 2.48. The zero-order chi connectivity index (χ0) is 15.5. The lowest BCUT2D eigenvalue weighted by Gasteiger charge is -2.11. The van der Waals surface area contributed by atoms with Crippen molar-refractivity contribution in [3.05, 3.63) is 35.5 Å². The fourth-order valence-electron chi connectivity index (χ4n) is 2.14. The molecule has 0 bridgehead atoms. The Balaban J connectivity index is 2.13. The van der Waals surface area contributed by atoms with Gasteiger partial charge in [0.15, 0.2) is 5.82 Å². The molecule has 7 nitrogen and oxygen atoms in total. The van der Waals surface area contributed by atoms with Crippen LogP contribution in [0.25, 0.3) is 22.5 Å². The van der Waals surface area contributed by atoms with Crippen LogP contribution in [0.15, 0.2) is 30.5 Å². The summed E-state index contributed by atoms with van der Waals surface area (Å²) in [6, 6.07) is 7.11. The molecule has 2 heterocycles. The first kappa shape index (κ1) is 14.3. The molecular weight excluding hydrogens is 304 g/mol. The number of aromatic amines is 1. The van der Waals surface area contributed by atoms with Gasteiger partial charge < -0.3 is 10.5 Å². The van der Waals surface area contributed by atoms with E-state index in [-0.39, 0.29) is 0 Å². The number of anilines is 1. The number of halogens is 1. The van der Waals surface area contributed by atoms with E-state index in [9.17, 15) is 0 Å². The molecule has 0 radical (unpaired) electrons. The number of aromatic nitrogens is 5. The van der Waals surface area contributed by atoms with E-state index < -0.39 is 0 Å². The maximum absolute atomic E-state index is 6.37. The van der Waals surface area contributed by atoms with Crippen LogP contribution in [0.4, 0.5) is 5.69 Å². The number of nitrogen functional groups attached to an aromatic ring is 1. The van der Waals surface area contributed by atoms with Crippen molar-refractivity contribution in [2.75, 3.05) is 12.3 Å². The van der Waals surface area contributed by atoms with Gasteiger partial charge in [-0.2, -0.15) is 0 Å². The SMILES string of the molecule is CCOc1ccc(-c2c(Cl)cc(N)cc2-c2nnn[nH]2)cn1. The smallest absolute Gasteiger partial charge is 0.213 e. The van der Waals surface area contributed by atoms with Gasteiger partial charge in [0.05, 0.1) is 11.6 Å². The molecule has 0 fully saturated rings. The standard InChI is InChI=1S/C14H13ClN6O/c1-2-22-12-4-3-8(7-17-12)13-10(14-18-20-21-19-14)5-9(16)6-11(13)15/h3-7H,2,16H2,1H3,(H,18,19,20,21). The largest absolute Gasteiger partial charge is 0.478 e. The number of pyridine rings is 1. The quantitative estimate of drug-likeness (QED) is 0.717. The van der Waals surface area contributed by atoms with Crippen LogP contribution < -0.4 is 10.5 Å². The third kappa shape index (κ3) is 2.71. The van der Waals surface area contributed by atoms with Gasteiger partial charge in [0.25, 0.3) is 0 Å². The number of H-pyrrole nitrogens is 1. The molecule has 0 saturated heterocycles. The minimum absolute atomic E-state index is 0.484. The summed E-state index contributed by atoms with van der Waals surface area (Å²) >= 11 is 6.37. The predicted octanol–water partition coefficient (Wildman–Crippen LogP) is 2.56. The molecule has 0 amide bonds. The lowest BCUT2D eigenvalue weighted by molar-refractivity contribution is 0.327. The topological polar surface area (TPSA) is 103 Å². The molecule has 0 aliphatic heterocycles. The summed E-state index contributed by atoms with van der Waals surface area (Å²) in [5.41, 5.74) is 8.68. The number of nitrogens with two attached hydrogens (primary N) is 1. The molecule has 0 atom stereocenters. The predicted molar refractivity (Wildman–Crippen MR) is 83.4 cm³/mol. The average Bonchev–Trinajstić information content (AvgIpc) is 3.02. The Morgan fingerprint density at radius 2 is 2.18 bits per heavy atom. The van der Waals surface area contributed by atoms with Crippen LogP contribution in [0, 0.1) is 0 Å². The van der Waals surface area contributed by atoms with Crippen LogP contribution in [0.5, 0.6) is 5.88 Å². The first-order valence-corrected chi connectivity index (χ1v) is 6.99. The van der Waals surface area contributed by atoms with Crippen molar-refractivity contribution in [1.82, 2.24) is 25.6 Å². The molecule has 0 aliphatic rings. The second-order valence-corrected chi connectivity index (χ2v) is 4.90. The maximum Gasteiger partial charge on any atom is 0.213 e. The van der Waals surface area contributed by atoms with E-state index >= 15 is 0 Å². The van der Waals surface area contributed by atoms with E-state index in [0.29, 0.717) is 34.6 Å². The lowest BCUT2D eigenvalue weighted by Crippen LogP contribution is -1.96. The number of rotatable bonds is 4. The van der Waals surface area contributed by atoms with E-state index in [4.69, 9.17) is 22.1 Å². The number of hydrogen-bond acceptors (Lipinski definition) is 6. The van der Waals surface area contributed by atoms with Gasteiger partial charge in [-0.1, -0.05) is 11.6 Å². The lowest BCUT2D eigenvalue weighted by atomic mass is 10.00. The molecule has 0 spiro atoms. The summed E-state index contributed by atoms with van der Waals surface area (Å²) in [5.74, 6) is 1.04. The van der Waals surface area contributed by atoms with Crippen molar-refractivity contribution in [1.29, 1.82) is 0 Å². The van der Waals surface area contributed by atoms with Crippen molar-refractivity contribution in [2.24, 2.45) is 0 Å². The Hall–Kier alpha value is -2.67. The van der Waals surface area contributed by atoms with Gasteiger partial charge >= 0.3 is 0 Å². The molecule has 0 saturated carbocycles. The molecule has 22 heavy (non-hydrogen) atoms. The zero-order valence-corrected chi connectivity index (χ0v) is 12.5. The summed E-state index contributed by atoms with van der Waals surface area (Å²) in [6.45, 7) is 2.46. The van der Waals surface area contributed by atoms with Gasteiger partial charge in [-0.25, -0.2) is 10.1 Å². The van der Waals surface area contributed by atoms with Crippen molar-refractivity contribution < 1.29 is 4.74 Å². The molecular formula is C14H13ClN6O. The van der Waals surface area contributed by atoms with Crippen molar-refractivity contribution >= 4 is 17.3 Å². The third-order valence-corrected chi connectivity index (χ3v) is 3.33. The van der Waals surface area contributed by atoms with Crippen LogP contribution in [0.1, 0.15) is 6.92 Å². The molecule has 2 aromatic heterocycles. The van der Waals surface area contributed by atoms with Gasteiger partial charge in [-0.3, -0.25) is 0 Å². The second kappa shape index (κ2) is 5.98. The summed E-state index contributed by atoms with van der Waals surface area (Å²) in [6.07, 6.45) is 1.69. The van der Waals surface area contributed by atoms with E-state index in [1.807, 2.05) is 13.0 Å². The van der Waals surface area contributed by atoms with Gasteiger partial charge in [0.1, 0.15) is 0 Å². The molecule has 112 valence electrons. The molecule has 8 heteroatoms. The molecule has 0 aliphatic carbocycles. The Labute approximate surface area is 131 Å². The summed E-state index contributed by atoms with van der Waals surface area (Å²) in [5, 5.41) is 14.3.